The Kier molecular flexibility index (Phi) is 13.6. The molecule has 2 rings (SSSR count). The number of benzene rings is 1. The predicted molar refractivity (Wildman–Crippen MR) is 93.1 cm³/mol. The molecule has 0 atom stereocenters. The summed E-state index contributed by atoms with van der Waals surface area (Å²) in [6.07, 6.45) is 2.56. The Bertz CT molecular complexity index is 368. The van der Waals surface area contributed by atoms with Crippen molar-refractivity contribution < 1.29 is 26.1 Å². The summed E-state index contributed by atoms with van der Waals surface area (Å²) in [7, 11) is -1.61. The molecule has 0 spiro atoms. The first-order valence-corrected chi connectivity index (χ1v) is 10.4. The number of rotatable bonds is 3. The first-order valence-electron chi connectivity index (χ1n) is 7.50. The normalized spacial score (nSPS) is 14.2. The Hall–Kier alpha value is 0.603. The summed E-state index contributed by atoms with van der Waals surface area (Å²) < 4.78 is 11.0. The largest absolute Gasteiger partial charge is 2.00 e. The molecule has 0 radical (unpaired) electrons. The third-order valence-electron chi connectivity index (χ3n) is 4.00. The molecule has 1 aliphatic rings. The molecule has 2 nitrogen and oxygen atoms in total. The van der Waals surface area contributed by atoms with Crippen LogP contribution in [-0.2, 0) is 15.8 Å². The van der Waals surface area contributed by atoms with Crippen LogP contribution in [0.3, 0.4) is 0 Å². The quantitative estimate of drug-likeness (QED) is 0.567. The van der Waals surface area contributed by atoms with Crippen molar-refractivity contribution in [2.24, 2.45) is 0 Å². The van der Waals surface area contributed by atoms with Crippen molar-refractivity contribution in [1.82, 2.24) is 0 Å². The molecule has 1 fully saturated rings. The van der Waals surface area contributed by atoms with Crippen LogP contribution in [0.2, 0.25) is 18.1 Å². The van der Waals surface area contributed by atoms with Gasteiger partial charge < -0.3 is 26.1 Å². The van der Waals surface area contributed by atoms with Gasteiger partial charge in [0.05, 0.1) is 0 Å². The fraction of sp³-hybridized carbons (Fsp3) is 0.647. The molecule has 0 saturated carbocycles. The van der Waals surface area contributed by atoms with Crippen molar-refractivity contribution in [3.05, 3.63) is 35.9 Å². The van der Waals surface area contributed by atoms with Gasteiger partial charge in [-0.1, -0.05) is 20.8 Å². The van der Waals surface area contributed by atoms with E-state index in [1.165, 1.54) is 12.8 Å². The summed E-state index contributed by atoms with van der Waals surface area (Å²) in [6, 6.07) is 11.2. The molecule has 1 heterocycles. The maximum Gasteiger partial charge on any atom is 2.00 e. The zero-order valence-corrected chi connectivity index (χ0v) is 18.7. The summed E-state index contributed by atoms with van der Waals surface area (Å²) in [4.78, 5) is 0. The third kappa shape index (κ3) is 9.68. The van der Waals surface area contributed by atoms with Gasteiger partial charge in [-0.3, -0.25) is 0 Å². The summed E-state index contributed by atoms with van der Waals surface area (Å²) in [5.41, 5.74) is 1.14. The summed E-state index contributed by atoms with van der Waals surface area (Å²) in [5.74, 6) is 0. The van der Waals surface area contributed by atoms with Gasteiger partial charge in [0.2, 0.25) is 0 Å². The molecule has 0 amide bonds. The summed E-state index contributed by atoms with van der Waals surface area (Å²) in [5, 5.41) is 0.280. The second kappa shape index (κ2) is 12.0. The number of ether oxygens (including phenoxy) is 1. The van der Waals surface area contributed by atoms with Crippen molar-refractivity contribution in [2.45, 2.75) is 58.4 Å². The summed E-state index contributed by atoms with van der Waals surface area (Å²) in [6.45, 7) is 14.0. The topological polar surface area (TPSA) is 18.5 Å². The van der Waals surface area contributed by atoms with Crippen LogP contribution in [0, 0.1) is 6.07 Å². The minimum Gasteiger partial charge on any atom is -1.00 e. The molecular formula is C17H29BrMgO2Si. The fourth-order valence-corrected chi connectivity index (χ4v) is 2.45. The van der Waals surface area contributed by atoms with E-state index in [1.807, 2.05) is 18.2 Å². The molecule has 1 aromatic carbocycles. The standard InChI is InChI=1S/C13H21OSi.C4H8O.BrH.Mg/c1-13(2,3)15(4,5)14-11-12-9-7-6-8-10-12;1-2-4-5-3-1;;/h6-9H,11H2,1-5H3;1-4H2;1H;/q-1;;;+2/p-1. The van der Waals surface area contributed by atoms with Crippen LogP contribution in [0.25, 0.3) is 0 Å². The van der Waals surface area contributed by atoms with E-state index in [0.717, 1.165) is 18.8 Å². The molecule has 1 aliphatic heterocycles. The maximum absolute atomic E-state index is 6.09. The third-order valence-corrected chi connectivity index (χ3v) is 8.47. The zero-order chi connectivity index (χ0) is 15.1. The van der Waals surface area contributed by atoms with Crippen LogP contribution in [0.15, 0.2) is 24.3 Å². The van der Waals surface area contributed by atoms with E-state index in [0.29, 0.717) is 6.61 Å². The van der Waals surface area contributed by atoms with Gasteiger partial charge in [0.25, 0.3) is 0 Å². The van der Waals surface area contributed by atoms with E-state index in [4.69, 9.17) is 9.16 Å². The van der Waals surface area contributed by atoms with Crippen molar-refractivity contribution in [3.63, 3.8) is 0 Å². The van der Waals surface area contributed by atoms with Crippen LogP contribution in [0.1, 0.15) is 39.2 Å². The van der Waals surface area contributed by atoms with Gasteiger partial charge in [-0.2, -0.15) is 30.3 Å². The van der Waals surface area contributed by atoms with Crippen LogP contribution >= 0.6 is 0 Å². The van der Waals surface area contributed by atoms with Gasteiger partial charge in [-0.05, 0) is 31.0 Å². The smallest absolute Gasteiger partial charge is 1.00 e. The van der Waals surface area contributed by atoms with E-state index in [-0.39, 0.29) is 45.1 Å². The van der Waals surface area contributed by atoms with Gasteiger partial charge in [0.1, 0.15) is 0 Å². The van der Waals surface area contributed by atoms with E-state index in [2.05, 4.69) is 46.0 Å². The molecule has 0 aliphatic carbocycles. The Morgan fingerprint density at radius 3 is 2.14 bits per heavy atom. The number of hydrogen-bond donors (Lipinski definition) is 0. The van der Waals surface area contributed by atoms with Crippen molar-refractivity contribution in [2.75, 3.05) is 13.2 Å². The minimum atomic E-state index is -1.61. The predicted octanol–water partition coefficient (Wildman–Crippen LogP) is 1.43. The molecule has 1 aromatic rings. The zero-order valence-electron chi connectivity index (χ0n) is 14.7. The summed E-state index contributed by atoms with van der Waals surface area (Å²) >= 11 is 0. The van der Waals surface area contributed by atoms with Crippen LogP contribution in [0.5, 0.6) is 0 Å². The Balaban J connectivity index is 0. The van der Waals surface area contributed by atoms with E-state index in [9.17, 15) is 0 Å². The average molecular weight is 398 g/mol. The van der Waals surface area contributed by atoms with Crippen LogP contribution in [0.4, 0.5) is 0 Å². The maximum atomic E-state index is 6.09. The Labute approximate surface area is 164 Å². The Morgan fingerprint density at radius 1 is 1.18 bits per heavy atom. The van der Waals surface area contributed by atoms with Gasteiger partial charge in [0.15, 0.2) is 8.32 Å². The van der Waals surface area contributed by atoms with Gasteiger partial charge in [-0.25, -0.2) is 0 Å². The number of halogens is 1. The molecule has 1 saturated heterocycles. The van der Waals surface area contributed by atoms with Crippen LogP contribution in [-0.4, -0.2) is 44.6 Å². The van der Waals surface area contributed by atoms with Gasteiger partial charge in [0, 0.05) is 19.8 Å². The van der Waals surface area contributed by atoms with Crippen molar-refractivity contribution >= 4 is 31.4 Å². The monoisotopic (exact) mass is 396 g/mol. The molecule has 5 heteroatoms. The number of hydrogen-bond acceptors (Lipinski definition) is 2. The first kappa shape index (κ1) is 24.9. The SMILES string of the molecule is C1CCOC1.CC(C)(C)[Si](C)(C)OCc1[c-]cccc1.[Br-].[Mg+2]. The molecule has 22 heavy (non-hydrogen) atoms. The molecule has 0 bridgehead atoms. The Morgan fingerprint density at radius 2 is 1.77 bits per heavy atom. The molecule has 0 aromatic heterocycles. The van der Waals surface area contributed by atoms with Gasteiger partial charge in [-0.15, -0.1) is 5.56 Å². The van der Waals surface area contributed by atoms with Crippen molar-refractivity contribution in [1.29, 1.82) is 0 Å². The minimum absolute atomic E-state index is 0. The van der Waals surface area contributed by atoms with E-state index >= 15 is 0 Å². The van der Waals surface area contributed by atoms with Crippen LogP contribution < -0.4 is 17.0 Å². The van der Waals surface area contributed by atoms with E-state index < -0.39 is 8.32 Å². The second-order valence-electron chi connectivity index (χ2n) is 6.76. The van der Waals surface area contributed by atoms with E-state index in [1.54, 1.807) is 0 Å². The molecular weight excluding hydrogens is 368 g/mol. The second-order valence-corrected chi connectivity index (χ2v) is 11.6. The van der Waals surface area contributed by atoms with Crippen molar-refractivity contribution in [3.8, 4) is 0 Å². The fourth-order valence-electron chi connectivity index (χ4n) is 1.51. The first-order chi connectivity index (χ1) is 9.33. The van der Waals surface area contributed by atoms with Gasteiger partial charge >= 0.3 is 23.1 Å². The molecule has 122 valence electrons. The average Bonchev–Trinajstić information content (AvgIpc) is 2.95. The molecule has 0 N–H and O–H groups in total. The molecule has 0 unspecified atom stereocenters.